The SMILES string of the molecule is CCOCCCC(=O)NCc1ccc(S(=O)(=O)N2CCCC2)cc1. The highest BCUT2D eigenvalue weighted by Crippen LogP contribution is 2.21. The molecule has 1 aliphatic heterocycles. The van der Waals surface area contributed by atoms with Gasteiger partial charge in [-0.15, -0.1) is 0 Å². The van der Waals surface area contributed by atoms with Crippen molar-refractivity contribution in [3.63, 3.8) is 0 Å². The second kappa shape index (κ2) is 9.15. The maximum absolute atomic E-state index is 12.4. The van der Waals surface area contributed by atoms with Gasteiger partial charge in [0.05, 0.1) is 4.90 Å². The number of hydrogen-bond donors (Lipinski definition) is 1. The van der Waals surface area contributed by atoms with Crippen LogP contribution in [0.3, 0.4) is 0 Å². The molecule has 0 aromatic heterocycles. The second-order valence-corrected chi connectivity index (χ2v) is 7.77. The van der Waals surface area contributed by atoms with Gasteiger partial charge in [-0.1, -0.05) is 12.1 Å². The highest BCUT2D eigenvalue weighted by Gasteiger charge is 2.26. The lowest BCUT2D eigenvalue weighted by Crippen LogP contribution is -2.28. The molecular weight excluding hydrogens is 328 g/mol. The van der Waals surface area contributed by atoms with Gasteiger partial charge in [0.25, 0.3) is 0 Å². The van der Waals surface area contributed by atoms with Gasteiger partial charge >= 0.3 is 0 Å². The Morgan fingerprint density at radius 3 is 2.50 bits per heavy atom. The van der Waals surface area contributed by atoms with Crippen LogP contribution >= 0.6 is 0 Å². The Bertz CT molecular complexity index is 622. The summed E-state index contributed by atoms with van der Waals surface area (Å²) >= 11 is 0. The van der Waals surface area contributed by atoms with E-state index in [4.69, 9.17) is 4.74 Å². The van der Waals surface area contributed by atoms with Crippen molar-refractivity contribution in [3.05, 3.63) is 29.8 Å². The largest absolute Gasteiger partial charge is 0.382 e. The van der Waals surface area contributed by atoms with Crippen molar-refractivity contribution in [1.29, 1.82) is 0 Å². The number of benzene rings is 1. The normalized spacial score (nSPS) is 15.5. The van der Waals surface area contributed by atoms with Crippen LogP contribution in [0.2, 0.25) is 0 Å². The molecule has 1 N–H and O–H groups in total. The van der Waals surface area contributed by atoms with Crippen LogP contribution in [-0.2, 0) is 26.1 Å². The maximum Gasteiger partial charge on any atom is 0.243 e. The first-order valence-corrected chi connectivity index (χ1v) is 9.91. The molecule has 1 heterocycles. The Labute approximate surface area is 144 Å². The Balaban J connectivity index is 1.82. The lowest BCUT2D eigenvalue weighted by atomic mass is 10.2. The molecule has 1 aliphatic rings. The van der Waals surface area contributed by atoms with Crippen LogP contribution in [0.25, 0.3) is 0 Å². The maximum atomic E-state index is 12.4. The molecule has 7 heteroatoms. The van der Waals surface area contributed by atoms with E-state index in [0.29, 0.717) is 50.6 Å². The van der Waals surface area contributed by atoms with Crippen LogP contribution in [0.5, 0.6) is 0 Å². The van der Waals surface area contributed by atoms with E-state index in [1.807, 2.05) is 6.92 Å². The van der Waals surface area contributed by atoms with Gasteiger partial charge in [0.15, 0.2) is 0 Å². The van der Waals surface area contributed by atoms with E-state index in [2.05, 4.69) is 5.32 Å². The van der Waals surface area contributed by atoms with E-state index in [-0.39, 0.29) is 5.91 Å². The number of nitrogens with one attached hydrogen (secondary N) is 1. The Morgan fingerprint density at radius 1 is 1.21 bits per heavy atom. The molecule has 1 saturated heterocycles. The third kappa shape index (κ3) is 5.29. The number of rotatable bonds is 9. The van der Waals surface area contributed by atoms with Crippen molar-refractivity contribution < 1.29 is 17.9 Å². The molecule has 0 atom stereocenters. The zero-order chi connectivity index (χ0) is 17.4. The summed E-state index contributed by atoms with van der Waals surface area (Å²) in [7, 11) is -3.37. The van der Waals surface area contributed by atoms with Crippen molar-refractivity contribution in [1.82, 2.24) is 9.62 Å². The number of carbonyl (C=O) groups is 1. The minimum atomic E-state index is -3.37. The molecule has 24 heavy (non-hydrogen) atoms. The summed E-state index contributed by atoms with van der Waals surface area (Å²) in [5, 5.41) is 2.83. The molecule has 0 spiro atoms. The van der Waals surface area contributed by atoms with Crippen LogP contribution in [0.15, 0.2) is 29.2 Å². The van der Waals surface area contributed by atoms with Crippen molar-refractivity contribution in [2.75, 3.05) is 26.3 Å². The van der Waals surface area contributed by atoms with E-state index in [1.54, 1.807) is 24.3 Å². The van der Waals surface area contributed by atoms with E-state index >= 15 is 0 Å². The fraction of sp³-hybridized carbons (Fsp3) is 0.588. The average molecular weight is 354 g/mol. The fourth-order valence-corrected chi connectivity index (χ4v) is 4.14. The smallest absolute Gasteiger partial charge is 0.243 e. The molecule has 1 amide bonds. The summed E-state index contributed by atoms with van der Waals surface area (Å²) in [6, 6.07) is 6.74. The van der Waals surface area contributed by atoms with Gasteiger partial charge in [0.2, 0.25) is 15.9 Å². The first-order chi connectivity index (χ1) is 11.5. The number of nitrogens with zero attached hydrogens (tertiary/aromatic N) is 1. The van der Waals surface area contributed by atoms with E-state index in [0.717, 1.165) is 18.4 Å². The summed E-state index contributed by atoms with van der Waals surface area (Å²) in [5.74, 6) is -0.0246. The van der Waals surface area contributed by atoms with Crippen LogP contribution < -0.4 is 5.32 Å². The third-order valence-corrected chi connectivity index (χ3v) is 5.93. The van der Waals surface area contributed by atoms with Crippen LogP contribution in [0.4, 0.5) is 0 Å². The zero-order valence-electron chi connectivity index (χ0n) is 14.2. The predicted octanol–water partition coefficient (Wildman–Crippen LogP) is 1.90. The molecule has 0 bridgehead atoms. The van der Waals surface area contributed by atoms with Gasteiger partial charge in [0.1, 0.15) is 0 Å². The second-order valence-electron chi connectivity index (χ2n) is 5.83. The van der Waals surface area contributed by atoms with Crippen LogP contribution in [0, 0.1) is 0 Å². The summed E-state index contributed by atoms with van der Waals surface area (Å²) in [6.45, 7) is 4.77. The van der Waals surface area contributed by atoms with Crippen molar-refractivity contribution in [2.24, 2.45) is 0 Å². The summed E-state index contributed by atoms with van der Waals surface area (Å²) in [4.78, 5) is 12.0. The first-order valence-electron chi connectivity index (χ1n) is 8.47. The topological polar surface area (TPSA) is 75.7 Å². The fourth-order valence-electron chi connectivity index (χ4n) is 2.62. The standard InChI is InChI=1S/C17H26N2O4S/c1-2-23-13-5-6-17(20)18-14-15-7-9-16(10-8-15)24(21,22)19-11-3-4-12-19/h7-10H,2-6,11-14H2,1H3,(H,18,20). The van der Waals surface area contributed by atoms with Gasteiger partial charge in [-0.2, -0.15) is 4.31 Å². The molecule has 0 aliphatic carbocycles. The van der Waals surface area contributed by atoms with Crippen molar-refractivity contribution in [2.45, 2.75) is 44.0 Å². The van der Waals surface area contributed by atoms with Crippen LogP contribution in [-0.4, -0.2) is 44.9 Å². The number of carbonyl (C=O) groups excluding carboxylic acids is 1. The monoisotopic (exact) mass is 354 g/mol. The van der Waals surface area contributed by atoms with Gasteiger partial charge in [0, 0.05) is 39.3 Å². The minimum Gasteiger partial charge on any atom is -0.382 e. The number of hydrogen-bond acceptors (Lipinski definition) is 4. The van der Waals surface area contributed by atoms with Gasteiger partial charge in [-0.25, -0.2) is 8.42 Å². The van der Waals surface area contributed by atoms with Gasteiger partial charge < -0.3 is 10.1 Å². The minimum absolute atomic E-state index is 0.0246. The Kier molecular flexibility index (Phi) is 7.20. The number of amides is 1. The van der Waals surface area contributed by atoms with Gasteiger partial charge in [-0.05, 0) is 43.9 Å². The molecule has 134 valence electrons. The number of sulfonamides is 1. The summed E-state index contributed by atoms with van der Waals surface area (Å²) in [5.41, 5.74) is 0.883. The number of ether oxygens (including phenoxy) is 1. The lowest BCUT2D eigenvalue weighted by molar-refractivity contribution is -0.121. The van der Waals surface area contributed by atoms with Crippen LogP contribution in [0.1, 0.15) is 38.2 Å². The van der Waals surface area contributed by atoms with Crippen molar-refractivity contribution >= 4 is 15.9 Å². The highest BCUT2D eigenvalue weighted by atomic mass is 32.2. The molecular formula is C17H26N2O4S. The predicted molar refractivity (Wildman–Crippen MR) is 92.0 cm³/mol. The third-order valence-electron chi connectivity index (χ3n) is 4.01. The molecule has 1 aromatic rings. The molecule has 1 fully saturated rings. The van der Waals surface area contributed by atoms with E-state index in [1.165, 1.54) is 4.31 Å². The molecule has 6 nitrogen and oxygen atoms in total. The Hall–Kier alpha value is -1.44. The molecule has 0 unspecified atom stereocenters. The molecule has 2 rings (SSSR count). The summed E-state index contributed by atoms with van der Waals surface area (Å²) < 4.78 is 31.6. The molecule has 1 aromatic carbocycles. The van der Waals surface area contributed by atoms with Crippen molar-refractivity contribution in [3.8, 4) is 0 Å². The summed E-state index contributed by atoms with van der Waals surface area (Å²) in [6.07, 6.45) is 2.98. The average Bonchev–Trinajstić information content (AvgIpc) is 3.13. The quantitative estimate of drug-likeness (QED) is 0.687. The zero-order valence-corrected chi connectivity index (χ0v) is 15.0. The van der Waals surface area contributed by atoms with E-state index < -0.39 is 10.0 Å². The molecule has 0 saturated carbocycles. The highest BCUT2D eigenvalue weighted by molar-refractivity contribution is 7.89. The lowest BCUT2D eigenvalue weighted by Gasteiger charge is -2.15. The first kappa shape index (κ1) is 18.9. The van der Waals surface area contributed by atoms with Gasteiger partial charge in [-0.3, -0.25) is 4.79 Å². The Morgan fingerprint density at radius 2 is 1.88 bits per heavy atom. The molecule has 0 radical (unpaired) electrons. The van der Waals surface area contributed by atoms with E-state index in [9.17, 15) is 13.2 Å².